The van der Waals surface area contributed by atoms with Gasteiger partial charge in [-0.15, -0.1) is 0 Å². The van der Waals surface area contributed by atoms with Gasteiger partial charge in [-0.3, -0.25) is 10.1 Å². The quantitative estimate of drug-likeness (QED) is 0.605. The second kappa shape index (κ2) is 6.50. The van der Waals surface area contributed by atoms with Gasteiger partial charge in [0.15, 0.2) is 0 Å². The first-order chi connectivity index (χ1) is 10.7. The van der Waals surface area contributed by atoms with E-state index in [4.69, 9.17) is 0 Å². The van der Waals surface area contributed by atoms with Gasteiger partial charge in [-0.1, -0.05) is 0 Å². The van der Waals surface area contributed by atoms with Crippen LogP contribution >= 0.6 is 0 Å². The zero-order valence-corrected chi connectivity index (χ0v) is 13.2. The summed E-state index contributed by atoms with van der Waals surface area (Å²) in [6.45, 7) is 0.706. The van der Waals surface area contributed by atoms with Crippen LogP contribution in [0.1, 0.15) is 23.2 Å². The van der Waals surface area contributed by atoms with Gasteiger partial charge in [-0.05, 0) is 18.9 Å². The average Bonchev–Trinajstić information content (AvgIpc) is 2.46. The molecule has 1 saturated heterocycles. The van der Waals surface area contributed by atoms with E-state index in [-0.39, 0.29) is 17.3 Å². The number of nitrogens with zero attached hydrogens (tertiary/aromatic N) is 2. The third-order valence-electron chi connectivity index (χ3n) is 3.73. The Labute approximate surface area is 133 Å². The van der Waals surface area contributed by atoms with E-state index in [9.17, 15) is 28.4 Å². The summed E-state index contributed by atoms with van der Waals surface area (Å²) >= 11 is 0. The average molecular weight is 343 g/mol. The Balaban J connectivity index is 2.12. The SMILES string of the molecule is CS(=O)(=O)N1CCC(Nc2ccc([N+](=O)[O-])cc2C(=O)O)CC1. The van der Waals surface area contributed by atoms with Crippen LogP contribution in [0.25, 0.3) is 0 Å². The molecule has 9 nitrogen and oxygen atoms in total. The van der Waals surface area contributed by atoms with Gasteiger partial charge in [0.05, 0.1) is 16.7 Å². The van der Waals surface area contributed by atoms with Gasteiger partial charge in [-0.25, -0.2) is 17.5 Å². The van der Waals surface area contributed by atoms with E-state index in [1.807, 2.05) is 0 Å². The number of aromatic carboxylic acids is 1. The Morgan fingerprint density at radius 1 is 1.39 bits per heavy atom. The van der Waals surface area contributed by atoms with Crippen LogP contribution in [-0.2, 0) is 10.0 Å². The zero-order valence-electron chi connectivity index (χ0n) is 12.4. The number of carboxylic acid groups (broad SMARTS) is 1. The van der Waals surface area contributed by atoms with Crippen molar-refractivity contribution in [3.05, 3.63) is 33.9 Å². The number of hydrogen-bond acceptors (Lipinski definition) is 6. The lowest BCUT2D eigenvalue weighted by Gasteiger charge is -2.31. The first-order valence-electron chi connectivity index (χ1n) is 6.92. The number of anilines is 1. The molecule has 1 heterocycles. The second-order valence-corrected chi connectivity index (χ2v) is 7.36. The van der Waals surface area contributed by atoms with Crippen LogP contribution in [0.3, 0.4) is 0 Å². The third kappa shape index (κ3) is 4.17. The third-order valence-corrected chi connectivity index (χ3v) is 5.03. The zero-order chi connectivity index (χ0) is 17.2. The van der Waals surface area contributed by atoms with Gasteiger partial charge in [0, 0.05) is 37.0 Å². The first-order valence-corrected chi connectivity index (χ1v) is 8.76. The van der Waals surface area contributed by atoms with Crippen molar-refractivity contribution in [1.82, 2.24) is 4.31 Å². The molecule has 2 rings (SSSR count). The smallest absolute Gasteiger partial charge is 0.338 e. The topological polar surface area (TPSA) is 130 Å². The molecule has 1 aliphatic rings. The molecule has 0 bridgehead atoms. The summed E-state index contributed by atoms with van der Waals surface area (Å²) in [5.74, 6) is -1.26. The Kier molecular flexibility index (Phi) is 4.85. The molecular formula is C13H17N3O6S. The summed E-state index contributed by atoms with van der Waals surface area (Å²) in [5, 5.41) is 23.0. The van der Waals surface area contributed by atoms with Crippen LogP contribution in [0.4, 0.5) is 11.4 Å². The maximum absolute atomic E-state index is 11.5. The summed E-state index contributed by atoms with van der Waals surface area (Å²) in [4.78, 5) is 21.4. The minimum Gasteiger partial charge on any atom is -0.478 e. The number of sulfonamides is 1. The van der Waals surface area contributed by atoms with Crippen molar-refractivity contribution in [3.8, 4) is 0 Å². The molecule has 10 heteroatoms. The molecule has 0 spiro atoms. The van der Waals surface area contributed by atoms with Gasteiger partial charge in [0.1, 0.15) is 0 Å². The van der Waals surface area contributed by atoms with Crippen LogP contribution in [0, 0.1) is 10.1 Å². The number of benzene rings is 1. The number of rotatable bonds is 5. The van der Waals surface area contributed by atoms with Crippen LogP contribution < -0.4 is 5.32 Å². The molecular weight excluding hydrogens is 326 g/mol. The van der Waals surface area contributed by atoms with Gasteiger partial charge in [0.2, 0.25) is 10.0 Å². The van der Waals surface area contributed by atoms with Crippen molar-refractivity contribution < 1.29 is 23.2 Å². The number of carboxylic acids is 1. The molecule has 2 N–H and O–H groups in total. The maximum atomic E-state index is 11.5. The summed E-state index contributed by atoms with van der Waals surface area (Å²) in [5.41, 5.74) is -0.175. The number of nitro groups is 1. The Morgan fingerprint density at radius 2 is 2.00 bits per heavy atom. The molecule has 0 unspecified atom stereocenters. The second-order valence-electron chi connectivity index (χ2n) is 5.37. The van der Waals surface area contributed by atoms with Crippen molar-refractivity contribution in [3.63, 3.8) is 0 Å². The molecule has 0 atom stereocenters. The molecule has 126 valence electrons. The summed E-state index contributed by atoms with van der Waals surface area (Å²) < 4.78 is 24.3. The van der Waals surface area contributed by atoms with Crippen molar-refractivity contribution in [2.24, 2.45) is 0 Å². The van der Waals surface area contributed by atoms with Crippen LogP contribution in [0.2, 0.25) is 0 Å². The number of carbonyl (C=O) groups is 1. The highest BCUT2D eigenvalue weighted by Gasteiger charge is 2.26. The largest absolute Gasteiger partial charge is 0.478 e. The highest BCUT2D eigenvalue weighted by molar-refractivity contribution is 7.88. The van der Waals surface area contributed by atoms with Crippen molar-refractivity contribution >= 4 is 27.4 Å². The predicted molar refractivity (Wildman–Crippen MR) is 83.1 cm³/mol. The number of nitro benzene ring substituents is 1. The molecule has 1 aromatic rings. The van der Waals surface area contributed by atoms with E-state index < -0.39 is 20.9 Å². The molecule has 1 aliphatic heterocycles. The highest BCUT2D eigenvalue weighted by atomic mass is 32.2. The van der Waals surface area contributed by atoms with E-state index in [2.05, 4.69) is 5.32 Å². The van der Waals surface area contributed by atoms with Gasteiger partial charge < -0.3 is 10.4 Å². The Hall–Kier alpha value is -2.20. The molecule has 23 heavy (non-hydrogen) atoms. The number of hydrogen-bond donors (Lipinski definition) is 2. The van der Waals surface area contributed by atoms with Gasteiger partial charge in [0.25, 0.3) is 5.69 Å². The van der Waals surface area contributed by atoms with E-state index in [0.29, 0.717) is 31.6 Å². The van der Waals surface area contributed by atoms with Gasteiger partial charge in [-0.2, -0.15) is 0 Å². The van der Waals surface area contributed by atoms with Crippen molar-refractivity contribution in [1.29, 1.82) is 0 Å². The summed E-state index contributed by atoms with van der Waals surface area (Å²) in [6.07, 6.45) is 2.21. The van der Waals surface area contributed by atoms with E-state index in [0.717, 1.165) is 12.3 Å². The predicted octanol–water partition coefficient (Wildman–Crippen LogP) is 1.13. The van der Waals surface area contributed by atoms with Crippen LogP contribution in [-0.4, -0.2) is 54.1 Å². The van der Waals surface area contributed by atoms with E-state index >= 15 is 0 Å². The molecule has 0 saturated carbocycles. The normalized spacial score (nSPS) is 16.9. The van der Waals surface area contributed by atoms with Crippen molar-refractivity contribution in [2.75, 3.05) is 24.7 Å². The molecule has 1 aromatic carbocycles. The standard InChI is InChI=1S/C13H17N3O6S/c1-23(21,22)15-6-4-9(5-7-15)14-12-3-2-10(16(19)20)8-11(12)13(17)18/h2-3,8-9,14H,4-7H2,1H3,(H,17,18). The van der Waals surface area contributed by atoms with E-state index in [1.165, 1.54) is 16.4 Å². The summed E-state index contributed by atoms with van der Waals surface area (Å²) in [6, 6.07) is 3.52. The number of piperidine rings is 1. The maximum Gasteiger partial charge on any atom is 0.338 e. The van der Waals surface area contributed by atoms with E-state index in [1.54, 1.807) is 0 Å². The molecule has 0 aromatic heterocycles. The monoisotopic (exact) mass is 343 g/mol. The molecule has 1 fully saturated rings. The fourth-order valence-corrected chi connectivity index (χ4v) is 3.37. The van der Waals surface area contributed by atoms with Crippen LogP contribution in [0.15, 0.2) is 18.2 Å². The molecule has 0 amide bonds. The lowest BCUT2D eigenvalue weighted by Crippen LogP contribution is -2.42. The van der Waals surface area contributed by atoms with Crippen LogP contribution in [0.5, 0.6) is 0 Å². The molecule has 0 aliphatic carbocycles. The number of nitrogens with one attached hydrogen (secondary N) is 1. The Morgan fingerprint density at radius 3 is 2.48 bits per heavy atom. The molecule has 0 radical (unpaired) electrons. The van der Waals surface area contributed by atoms with Gasteiger partial charge >= 0.3 is 5.97 Å². The summed E-state index contributed by atoms with van der Waals surface area (Å²) in [7, 11) is -3.22. The first kappa shape index (κ1) is 17.2. The highest BCUT2D eigenvalue weighted by Crippen LogP contribution is 2.25. The fourth-order valence-electron chi connectivity index (χ4n) is 2.50. The number of non-ortho nitro benzene ring substituents is 1. The lowest BCUT2D eigenvalue weighted by molar-refractivity contribution is -0.384. The lowest BCUT2D eigenvalue weighted by atomic mass is 10.0. The minimum atomic E-state index is -3.22. The van der Waals surface area contributed by atoms with Crippen molar-refractivity contribution in [2.45, 2.75) is 18.9 Å². The minimum absolute atomic E-state index is 0.0902. The Bertz CT molecular complexity index is 725. The fraction of sp³-hybridized carbons (Fsp3) is 0.462.